The Kier molecular flexibility index (Phi) is 6.38. The Hall–Kier alpha value is -1.25. The van der Waals surface area contributed by atoms with Crippen LogP contribution in [0.5, 0.6) is 0 Å². The van der Waals surface area contributed by atoms with E-state index in [1.54, 1.807) is 30.2 Å². The zero-order valence-electron chi connectivity index (χ0n) is 9.02. The van der Waals surface area contributed by atoms with Gasteiger partial charge in [-0.05, 0) is 18.2 Å². The first-order valence-electron chi connectivity index (χ1n) is 5.15. The van der Waals surface area contributed by atoms with Gasteiger partial charge in [0.15, 0.2) is 0 Å². The summed E-state index contributed by atoms with van der Waals surface area (Å²) in [6.45, 7) is 1.05. The van der Waals surface area contributed by atoms with Crippen LogP contribution in [0.1, 0.15) is 12.0 Å². The Morgan fingerprint density at radius 1 is 1.50 bits per heavy atom. The van der Waals surface area contributed by atoms with E-state index >= 15 is 0 Å². The lowest BCUT2D eigenvalue weighted by atomic mass is 10.2. The van der Waals surface area contributed by atoms with E-state index in [0.717, 1.165) is 30.2 Å². The molecular weight excluding hydrogens is 222 g/mol. The fraction of sp³-hybridized carbons (Fsp3) is 0.455. The lowest BCUT2D eigenvalue weighted by molar-refractivity contribution is 0.296. The summed E-state index contributed by atoms with van der Waals surface area (Å²) in [5.74, 6) is 1.93. The van der Waals surface area contributed by atoms with Crippen molar-refractivity contribution in [2.45, 2.75) is 6.42 Å². The second-order valence-corrected chi connectivity index (χ2v) is 4.37. The van der Waals surface area contributed by atoms with Crippen LogP contribution in [0.2, 0.25) is 0 Å². The molecule has 0 aliphatic heterocycles. The average Bonchev–Trinajstić information content (AvgIpc) is 2.34. The molecule has 1 aromatic heterocycles. The third-order valence-corrected chi connectivity index (χ3v) is 3.02. The monoisotopic (exact) mass is 237 g/mol. The topological polar surface area (TPSA) is 68.9 Å². The van der Waals surface area contributed by atoms with E-state index in [1.807, 2.05) is 0 Å². The Morgan fingerprint density at radius 3 is 3.12 bits per heavy atom. The molecule has 16 heavy (non-hydrogen) atoms. The van der Waals surface area contributed by atoms with Gasteiger partial charge in [0.05, 0.1) is 17.4 Å². The van der Waals surface area contributed by atoms with Crippen LogP contribution >= 0.6 is 11.8 Å². The molecule has 0 atom stereocenters. The molecule has 4 nitrogen and oxygen atoms in total. The highest BCUT2D eigenvalue weighted by Gasteiger charge is 1.99. The molecule has 0 saturated carbocycles. The van der Waals surface area contributed by atoms with Crippen molar-refractivity contribution in [1.82, 2.24) is 4.98 Å². The minimum absolute atomic E-state index is 0.252. The predicted octanol–water partition coefficient (Wildman–Crippen LogP) is 1.48. The minimum atomic E-state index is 0.252. The van der Waals surface area contributed by atoms with E-state index < -0.39 is 0 Å². The van der Waals surface area contributed by atoms with E-state index in [2.05, 4.69) is 16.4 Å². The maximum absolute atomic E-state index is 8.84. The SMILES string of the molecule is N#Cc1ccncc1NCCSCCCO. The van der Waals surface area contributed by atoms with Crippen molar-refractivity contribution in [3.63, 3.8) is 0 Å². The molecule has 0 aliphatic rings. The van der Waals surface area contributed by atoms with Crippen molar-refractivity contribution in [2.24, 2.45) is 0 Å². The molecule has 86 valence electrons. The maximum Gasteiger partial charge on any atom is 0.101 e. The quantitative estimate of drug-likeness (QED) is 0.703. The Morgan fingerprint density at radius 2 is 2.38 bits per heavy atom. The van der Waals surface area contributed by atoms with Gasteiger partial charge in [0.2, 0.25) is 0 Å². The third-order valence-electron chi connectivity index (χ3n) is 1.95. The van der Waals surface area contributed by atoms with Crippen LogP contribution in [0.25, 0.3) is 0 Å². The largest absolute Gasteiger partial charge is 0.396 e. The first kappa shape index (κ1) is 12.8. The predicted molar refractivity (Wildman–Crippen MR) is 66.5 cm³/mol. The van der Waals surface area contributed by atoms with Crippen LogP contribution in [0.4, 0.5) is 5.69 Å². The molecule has 0 aromatic carbocycles. The number of aliphatic hydroxyl groups is 1. The molecule has 0 bridgehead atoms. The van der Waals surface area contributed by atoms with E-state index in [1.165, 1.54) is 0 Å². The van der Waals surface area contributed by atoms with Crippen LogP contribution in [-0.2, 0) is 0 Å². The summed E-state index contributed by atoms with van der Waals surface area (Å²) >= 11 is 1.78. The molecule has 1 aromatic rings. The van der Waals surface area contributed by atoms with Gasteiger partial charge >= 0.3 is 0 Å². The van der Waals surface area contributed by atoms with Crippen molar-refractivity contribution in [3.05, 3.63) is 24.0 Å². The summed E-state index contributed by atoms with van der Waals surface area (Å²) < 4.78 is 0. The van der Waals surface area contributed by atoms with Crippen molar-refractivity contribution < 1.29 is 5.11 Å². The summed E-state index contributed by atoms with van der Waals surface area (Å²) in [5, 5.41) is 20.6. The van der Waals surface area contributed by atoms with Gasteiger partial charge in [0.1, 0.15) is 6.07 Å². The summed E-state index contributed by atoms with van der Waals surface area (Å²) in [6, 6.07) is 3.81. The number of rotatable bonds is 7. The van der Waals surface area contributed by atoms with Gasteiger partial charge < -0.3 is 10.4 Å². The number of hydrogen-bond acceptors (Lipinski definition) is 5. The van der Waals surface area contributed by atoms with Crippen LogP contribution in [-0.4, -0.2) is 34.7 Å². The first-order chi connectivity index (χ1) is 7.88. The summed E-state index contributed by atoms with van der Waals surface area (Å²) in [6.07, 6.45) is 4.11. The van der Waals surface area contributed by atoms with Gasteiger partial charge in [-0.3, -0.25) is 4.98 Å². The van der Waals surface area contributed by atoms with Gasteiger partial charge in [-0.25, -0.2) is 0 Å². The van der Waals surface area contributed by atoms with Gasteiger partial charge in [-0.1, -0.05) is 0 Å². The highest BCUT2D eigenvalue weighted by molar-refractivity contribution is 7.99. The lowest BCUT2D eigenvalue weighted by Crippen LogP contribution is -2.06. The summed E-state index contributed by atoms with van der Waals surface area (Å²) in [5.41, 5.74) is 1.41. The normalized spacial score (nSPS) is 9.75. The number of anilines is 1. The van der Waals surface area contributed by atoms with Crippen molar-refractivity contribution >= 4 is 17.4 Å². The Labute approximate surface area is 99.7 Å². The highest BCUT2D eigenvalue weighted by atomic mass is 32.2. The second kappa shape index (κ2) is 7.97. The maximum atomic E-state index is 8.84. The molecular formula is C11H15N3OS. The van der Waals surface area contributed by atoms with Crippen LogP contribution in [0.15, 0.2) is 18.5 Å². The molecule has 1 rings (SSSR count). The Balaban J connectivity index is 2.24. The fourth-order valence-electron chi connectivity index (χ4n) is 1.16. The van der Waals surface area contributed by atoms with Crippen molar-refractivity contribution in [3.8, 4) is 6.07 Å². The molecule has 0 fully saturated rings. The molecule has 0 aliphatic carbocycles. The third kappa shape index (κ3) is 4.51. The number of nitriles is 1. The number of aromatic nitrogens is 1. The van der Waals surface area contributed by atoms with Gasteiger partial charge in [0, 0.05) is 25.1 Å². The molecule has 0 spiro atoms. The number of nitrogens with zero attached hydrogens (tertiary/aromatic N) is 2. The molecule has 1 heterocycles. The standard InChI is InChI=1S/C11H15N3OS/c12-8-10-2-3-13-9-11(10)14-4-7-16-6-1-5-15/h2-3,9,14-15H,1,4-7H2. The van der Waals surface area contributed by atoms with Crippen LogP contribution in [0, 0.1) is 11.3 Å². The molecule has 0 unspecified atom stereocenters. The number of pyridine rings is 1. The molecule has 0 amide bonds. The summed E-state index contributed by atoms with van der Waals surface area (Å²) in [4.78, 5) is 3.97. The van der Waals surface area contributed by atoms with Crippen molar-refractivity contribution in [1.29, 1.82) is 5.26 Å². The van der Waals surface area contributed by atoms with Crippen LogP contribution in [0.3, 0.4) is 0 Å². The molecule has 0 radical (unpaired) electrons. The number of nitrogens with one attached hydrogen (secondary N) is 1. The van der Waals surface area contributed by atoms with E-state index in [9.17, 15) is 0 Å². The van der Waals surface area contributed by atoms with E-state index in [4.69, 9.17) is 10.4 Å². The molecule has 0 saturated heterocycles. The fourth-order valence-corrected chi connectivity index (χ4v) is 1.94. The zero-order valence-corrected chi connectivity index (χ0v) is 9.83. The zero-order chi connectivity index (χ0) is 11.6. The van der Waals surface area contributed by atoms with E-state index in [-0.39, 0.29) is 6.61 Å². The number of aliphatic hydroxyl groups excluding tert-OH is 1. The van der Waals surface area contributed by atoms with E-state index in [0.29, 0.717) is 5.56 Å². The highest BCUT2D eigenvalue weighted by Crippen LogP contribution is 2.11. The number of thioether (sulfide) groups is 1. The van der Waals surface area contributed by atoms with Gasteiger partial charge in [0.25, 0.3) is 0 Å². The molecule has 5 heteroatoms. The minimum Gasteiger partial charge on any atom is -0.396 e. The average molecular weight is 237 g/mol. The number of hydrogen-bond donors (Lipinski definition) is 2. The first-order valence-corrected chi connectivity index (χ1v) is 6.30. The summed E-state index contributed by atoms with van der Waals surface area (Å²) in [7, 11) is 0. The smallest absolute Gasteiger partial charge is 0.101 e. The van der Waals surface area contributed by atoms with Crippen molar-refractivity contribution in [2.75, 3.05) is 30.0 Å². The second-order valence-electron chi connectivity index (χ2n) is 3.15. The van der Waals surface area contributed by atoms with Crippen LogP contribution < -0.4 is 5.32 Å². The van der Waals surface area contributed by atoms with Gasteiger partial charge in [-0.2, -0.15) is 17.0 Å². The lowest BCUT2D eigenvalue weighted by Gasteiger charge is -2.06. The molecule has 2 N–H and O–H groups in total. The van der Waals surface area contributed by atoms with Gasteiger partial charge in [-0.15, -0.1) is 0 Å². The Bertz CT molecular complexity index is 351.